The number of likely N-dealkylation sites (N-methyl/N-ethyl adjacent to an activating group) is 1. The Morgan fingerprint density at radius 2 is 1.83 bits per heavy atom. The maximum Gasteiger partial charge on any atom is 0.191 e. The molecule has 0 saturated carbocycles. The van der Waals surface area contributed by atoms with Crippen molar-refractivity contribution < 1.29 is 0 Å². The van der Waals surface area contributed by atoms with Crippen molar-refractivity contribution >= 4 is 29.9 Å². The van der Waals surface area contributed by atoms with Crippen LogP contribution in [0.2, 0.25) is 0 Å². The van der Waals surface area contributed by atoms with Crippen molar-refractivity contribution in [3.05, 3.63) is 52.8 Å². The van der Waals surface area contributed by atoms with E-state index in [0.717, 1.165) is 37.6 Å². The minimum Gasteiger partial charge on any atom is -0.357 e. The summed E-state index contributed by atoms with van der Waals surface area (Å²) >= 11 is 0. The van der Waals surface area contributed by atoms with E-state index in [1.165, 1.54) is 16.8 Å². The Hall–Kier alpha value is -1.61. The number of nitrogens with zero attached hydrogens (tertiary/aromatic N) is 4. The normalized spacial score (nSPS) is 13.7. The summed E-state index contributed by atoms with van der Waals surface area (Å²) in [6.07, 6.45) is 1.91. The fourth-order valence-corrected chi connectivity index (χ4v) is 3.52. The Labute approximate surface area is 199 Å². The lowest BCUT2D eigenvalue weighted by molar-refractivity contribution is 0.298. The van der Waals surface area contributed by atoms with Gasteiger partial charge in [-0.15, -0.1) is 24.0 Å². The van der Waals surface area contributed by atoms with Gasteiger partial charge in [-0.05, 0) is 65.8 Å². The molecule has 1 aromatic carbocycles. The summed E-state index contributed by atoms with van der Waals surface area (Å²) in [7, 11) is 6.25. The zero-order chi connectivity index (χ0) is 21.4. The van der Waals surface area contributed by atoms with Crippen LogP contribution in [-0.2, 0) is 19.9 Å². The van der Waals surface area contributed by atoms with Gasteiger partial charge in [-0.2, -0.15) is 5.10 Å². The summed E-state index contributed by atoms with van der Waals surface area (Å²) in [4.78, 5) is 7.15. The van der Waals surface area contributed by atoms with E-state index in [1.807, 2.05) is 11.7 Å². The van der Waals surface area contributed by atoms with Crippen LogP contribution in [-0.4, -0.2) is 59.9 Å². The molecule has 1 heterocycles. The minimum atomic E-state index is 0. The van der Waals surface area contributed by atoms with Crippen LogP contribution in [0.15, 0.2) is 35.3 Å². The molecular weight excluding hydrogens is 487 g/mol. The van der Waals surface area contributed by atoms with Crippen LogP contribution in [0.4, 0.5) is 0 Å². The number of halogens is 1. The van der Waals surface area contributed by atoms with E-state index in [0.29, 0.717) is 6.04 Å². The highest BCUT2D eigenvalue weighted by molar-refractivity contribution is 14.0. The van der Waals surface area contributed by atoms with E-state index >= 15 is 0 Å². The second-order valence-electron chi connectivity index (χ2n) is 8.05. The molecule has 0 spiro atoms. The van der Waals surface area contributed by atoms with Crippen LogP contribution in [0.1, 0.15) is 36.4 Å². The van der Waals surface area contributed by atoms with Crippen LogP contribution in [0.25, 0.3) is 0 Å². The molecule has 30 heavy (non-hydrogen) atoms. The monoisotopic (exact) mass is 526 g/mol. The van der Waals surface area contributed by atoms with Gasteiger partial charge in [0, 0.05) is 31.4 Å². The van der Waals surface area contributed by atoms with Crippen molar-refractivity contribution in [1.29, 1.82) is 0 Å². The average Bonchev–Trinajstić information content (AvgIpc) is 2.91. The molecule has 2 N–H and O–H groups in total. The van der Waals surface area contributed by atoms with E-state index in [2.05, 4.69) is 92.8 Å². The summed E-state index contributed by atoms with van der Waals surface area (Å²) in [6, 6.07) is 11.2. The highest BCUT2D eigenvalue weighted by atomic mass is 127. The van der Waals surface area contributed by atoms with Crippen molar-refractivity contribution in [2.24, 2.45) is 12.0 Å². The van der Waals surface area contributed by atoms with Crippen molar-refractivity contribution in [1.82, 2.24) is 25.3 Å². The van der Waals surface area contributed by atoms with E-state index in [1.54, 1.807) is 0 Å². The molecule has 0 amide bonds. The van der Waals surface area contributed by atoms with Crippen molar-refractivity contribution in [3.63, 3.8) is 0 Å². The van der Waals surface area contributed by atoms with Gasteiger partial charge < -0.3 is 15.5 Å². The second kappa shape index (κ2) is 12.9. The highest BCUT2D eigenvalue weighted by Gasteiger charge is 2.15. The second-order valence-corrected chi connectivity index (χ2v) is 8.05. The molecule has 0 radical (unpaired) electrons. The molecule has 0 saturated heterocycles. The molecule has 6 nitrogen and oxygen atoms in total. The van der Waals surface area contributed by atoms with Gasteiger partial charge in [0.05, 0.1) is 12.2 Å². The molecule has 0 fully saturated rings. The summed E-state index contributed by atoms with van der Waals surface area (Å²) in [6.45, 7) is 10.1. The van der Waals surface area contributed by atoms with E-state index < -0.39 is 0 Å². The number of benzene rings is 1. The van der Waals surface area contributed by atoms with E-state index in [9.17, 15) is 0 Å². The molecular formula is C23H39IN6. The molecule has 0 aliphatic heterocycles. The summed E-state index contributed by atoms with van der Waals surface area (Å²) in [5, 5.41) is 11.5. The van der Waals surface area contributed by atoms with Gasteiger partial charge in [0.15, 0.2) is 5.96 Å². The number of aryl methyl sites for hydroxylation is 2. The fourth-order valence-electron chi connectivity index (χ4n) is 3.52. The van der Waals surface area contributed by atoms with Crippen molar-refractivity contribution in [2.45, 2.75) is 52.6 Å². The highest BCUT2D eigenvalue weighted by Crippen LogP contribution is 2.14. The third-order valence-electron chi connectivity index (χ3n) is 5.40. The molecule has 0 aliphatic rings. The summed E-state index contributed by atoms with van der Waals surface area (Å²) in [5.41, 5.74) is 5.00. The zero-order valence-corrected chi connectivity index (χ0v) is 21.9. The standard InChI is InChI=1S/C23H38N6.HI/c1-8-24-23(26-17(2)14-22-18(3)27-29(7)19(22)4)25-16-21(28(5)6)15-20-12-10-9-11-13-20;/h9-13,17,21H,8,14-16H2,1-7H3,(H2,24,25,26);1H. The predicted octanol–water partition coefficient (Wildman–Crippen LogP) is 3.31. The average molecular weight is 527 g/mol. The number of guanidine groups is 1. The van der Waals surface area contributed by atoms with Gasteiger partial charge in [0.1, 0.15) is 0 Å². The molecule has 2 atom stereocenters. The van der Waals surface area contributed by atoms with E-state index in [4.69, 9.17) is 4.99 Å². The Balaban J connectivity index is 0.00000450. The molecule has 168 valence electrons. The SMILES string of the molecule is CCNC(=NCC(Cc1ccccc1)N(C)C)NC(C)Cc1c(C)nn(C)c1C.I. The lowest BCUT2D eigenvalue weighted by Gasteiger charge is -2.24. The fraction of sp³-hybridized carbons (Fsp3) is 0.565. The first-order valence-electron chi connectivity index (χ1n) is 10.6. The predicted molar refractivity (Wildman–Crippen MR) is 138 cm³/mol. The molecule has 2 rings (SSSR count). The smallest absolute Gasteiger partial charge is 0.191 e. The number of hydrogen-bond acceptors (Lipinski definition) is 3. The number of aromatic nitrogens is 2. The Morgan fingerprint density at radius 1 is 1.17 bits per heavy atom. The molecule has 2 aromatic rings. The lowest BCUT2D eigenvalue weighted by Crippen LogP contribution is -2.44. The van der Waals surface area contributed by atoms with Crippen LogP contribution in [0.5, 0.6) is 0 Å². The molecule has 1 aromatic heterocycles. The van der Waals surface area contributed by atoms with Crippen molar-refractivity contribution in [2.75, 3.05) is 27.2 Å². The Kier molecular flexibility index (Phi) is 11.4. The quantitative estimate of drug-likeness (QED) is 0.299. The molecule has 0 bridgehead atoms. The Bertz CT molecular complexity index is 784. The third-order valence-corrected chi connectivity index (χ3v) is 5.40. The summed E-state index contributed by atoms with van der Waals surface area (Å²) < 4.78 is 1.96. The maximum absolute atomic E-state index is 4.89. The van der Waals surface area contributed by atoms with Gasteiger partial charge >= 0.3 is 0 Å². The van der Waals surface area contributed by atoms with Crippen LogP contribution in [0, 0.1) is 13.8 Å². The lowest BCUT2D eigenvalue weighted by atomic mass is 10.1. The van der Waals surface area contributed by atoms with Gasteiger partial charge in [-0.1, -0.05) is 30.3 Å². The zero-order valence-electron chi connectivity index (χ0n) is 19.6. The van der Waals surface area contributed by atoms with Crippen LogP contribution < -0.4 is 10.6 Å². The number of nitrogens with one attached hydrogen (secondary N) is 2. The van der Waals surface area contributed by atoms with Gasteiger partial charge in [0.25, 0.3) is 0 Å². The first-order valence-corrected chi connectivity index (χ1v) is 10.6. The first kappa shape index (κ1) is 26.4. The number of rotatable bonds is 9. The molecule has 7 heteroatoms. The van der Waals surface area contributed by atoms with E-state index in [-0.39, 0.29) is 30.0 Å². The van der Waals surface area contributed by atoms with Gasteiger partial charge in [-0.3, -0.25) is 9.67 Å². The van der Waals surface area contributed by atoms with Crippen LogP contribution in [0.3, 0.4) is 0 Å². The molecule has 0 aliphatic carbocycles. The number of aliphatic imine (C=N–C) groups is 1. The topological polar surface area (TPSA) is 57.5 Å². The maximum atomic E-state index is 4.89. The summed E-state index contributed by atoms with van der Waals surface area (Å²) in [5.74, 6) is 0.874. The number of hydrogen-bond donors (Lipinski definition) is 2. The first-order chi connectivity index (χ1) is 13.8. The third kappa shape index (κ3) is 7.91. The van der Waals surface area contributed by atoms with Gasteiger partial charge in [0.2, 0.25) is 0 Å². The van der Waals surface area contributed by atoms with Crippen LogP contribution >= 0.6 is 24.0 Å². The van der Waals surface area contributed by atoms with Crippen molar-refractivity contribution in [3.8, 4) is 0 Å². The largest absolute Gasteiger partial charge is 0.357 e. The molecule has 2 unspecified atom stereocenters. The minimum absolute atomic E-state index is 0. The Morgan fingerprint density at radius 3 is 2.37 bits per heavy atom. The van der Waals surface area contributed by atoms with Gasteiger partial charge in [-0.25, -0.2) is 0 Å².